The predicted molar refractivity (Wildman–Crippen MR) is 57.2 cm³/mol. The summed E-state index contributed by atoms with van der Waals surface area (Å²) in [7, 11) is 0. The fraction of sp³-hybridized carbons (Fsp3) is 1.00. The fourth-order valence-corrected chi connectivity index (χ4v) is 3.39. The zero-order valence-electron chi connectivity index (χ0n) is 8.56. The zero-order chi connectivity index (χ0) is 9.31. The molecule has 13 heavy (non-hydrogen) atoms. The lowest BCUT2D eigenvalue weighted by atomic mass is 9.85. The average molecular weight is 202 g/mol. The minimum absolute atomic E-state index is 0.676. The molecule has 0 bridgehead atoms. The highest BCUT2D eigenvalue weighted by Gasteiger charge is 2.42. The van der Waals surface area contributed by atoms with E-state index in [1.165, 1.54) is 45.3 Å². The van der Waals surface area contributed by atoms with Gasteiger partial charge in [0.1, 0.15) is 0 Å². The Bertz CT molecular complexity index is 161. The van der Waals surface area contributed by atoms with Gasteiger partial charge in [-0.2, -0.15) is 0 Å². The van der Waals surface area contributed by atoms with Crippen molar-refractivity contribution in [2.45, 2.75) is 32.6 Å². The molecule has 2 atom stereocenters. The lowest BCUT2D eigenvalue weighted by molar-refractivity contribution is 0.263. The summed E-state index contributed by atoms with van der Waals surface area (Å²) in [6, 6.07) is 0. The normalized spacial score (nSPS) is 40.6. The molecule has 2 heteroatoms. The molecule has 0 N–H and O–H groups in total. The third kappa shape index (κ3) is 1.87. The first-order chi connectivity index (χ1) is 6.28. The van der Waals surface area contributed by atoms with Crippen LogP contribution in [0.15, 0.2) is 0 Å². The van der Waals surface area contributed by atoms with Crippen LogP contribution in [0, 0.1) is 11.3 Å². The molecule has 0 unspecified atom stereocenters. The van der Waals surface area contributed by atoms with Crippen LogP contribution >= 0.6 is 11.6 Å². The number of hydrogen-bond donors (Lipinski definition) is 0. The highest BCUT2D eigenvalue weighted by Crippen LogP contribution is 2.48. The van der Waals surface area contributed by atoms with Crippen molar-refractivity contribution >= 4 is 11.6 Å². The number of alkyl halides is 1. The molecule has 1 aliphatic heterocycles. The van der Waals surface area contributed by atoms with Gasteiger partial charge < -0.3 is 4.90 Å². The number of rotatable bonds is 2. The Hall–Kier alpha value is 0.250. The van der Waals surface area contributed by atoms with Gasteiger partial charge in [-0.3, -0.25) is 0 Å². The van der Waals surface area contributed by atoms with Crippen LogP contribution in [0.4, 0.5) is 0 Å². The van der Waals surface area contributed by atoms with Crippen molar-refractivity contribution in [1.82, 2.24) is 4.90 Å². The average Bonchev–Trinajstić information content (AvgIpc) is 2.74. The Labute approximate surface area is 86.4 Å². The van der Waals surface area contributed by atoms with Crippen LogP contribution in [-0.4, -0.2) is 30.4 Å². The highest BCUT2D eigenvalue weighted by atomic mass is 35.5. The largest absolute Gasteiger partial charge is 0.303 e. The van der Waals surface area contributed by atoms with Gasteiger partial charge in [-0.15, -0.1) is 11.6 Å². The molecule has 1 spiro atoms. The second-order valence-corrected chi connectivity index (χ2v) is 5.19. The van der Waals surface area contributed by atoms with Crippen LogP contribution < -0.4 is 0 Å². The van der Waals surface area contributed by atoms with Gasteiger partial charge in [0.15, 0.2) is 0 Å². The maximum atomic E-state index is 5.93. The Morgan fingerprint density at radius 3 is 2.85 bits per heavy atom. The number of likely N-dealkylation sites (tertiary alicyclic amines) is 1. The Balaban J connectivity index is 1.93. The van der Waals surface area contributed by atoms with Gasteiger partial charge in [0.25, 0.3) is 0 Å². The van der Waals surface area contributed by atoms with E-state index < -0.39 is 0 Å². The summed E-state index contributed by atoms with van der Waals surface area (Å²) < 4.78 is 0. The fourth-order valence-electron chi connectivity index (χ4n) is 3.13. The molecule has 1 aliphatic carbocycles. The highest BCUT2D eigenvalue weighted by molar-refractivity contribution is 6.18. The Morgan fingerprint density at radius 2 is 2.31 bits per heavy atom. The number of nitrogens with zero attached hydrogens (tertiary/aromatic N) is 1. The second-order valence-electron chi connectivity index (χ2n) is 4.88. The van der Waals surface area contributed by atoms with E-state index in [4.69, 9.17) is 11.6 Å². The smallest absolute Gasteiger partial charge is 0.0251 e. The minimum atomic E-state index is 0.676. The van der Waals surface area contributed by atoms with Gasteiger partial charge in [0.2, 0.25) is 0 Å². The second kappa shape index (κ2) is 3.78. The van der Waals surface area contributed by atoms with Crippen LogP contribution in [0.5, 0.6) is 0 Å². The van der Waals surface area contributed by atoms with Gasteiger partial charge in [-0.1, -0.05) is 6.92 Å². The van der Waals surface area contributed by atoms with Gasteiger partial charge >= 0.3 is 0 Å². The van der Waals surface area contributed by atoms with Crippen molar-refractivity contribution in [3.63, 3.8) is 0 Å². The van der Waals surface area contributed by atoms with Gasteiger partial charge in [-0.25, -0.2) is 0 Å². The summed E-state index contributed by atoms with van der Waals surface area (Å²) in [5.74, 6) is 1.70. The molecule has 1 saturated heterocycles. The van der Waals surface area contributed by atoms with Crippen molar-refractivity contribution in [3.8, 4) is 0 Å². The number of hydrogen-bond acceptors (Lipinski definition) is 1. The van der Waals surface area contributed by atoms with Crippen LogP contribution in [0.1, 0.15) is 32.6 Å². The quantitative estimate of drug-likeness (QED) is 0.622. The molecule has 1 nitrogen and oxygen atoms in total. The van der Waals surface area contributed by atoms with Crippen molar-refractivity contribution in [3.05, 3.63) is 0 Å². The van der Waals surface area contributed by atoms with E-state index in [0.29, 0.717) is 5.41 Å². The zero-order valence-corrected chi connectivity index (χ0v) is 9.32. The minimum Gasteiger partial charge on any atom is -0.303 e. The Morgan fingerprint density at radius 1 is 1.46 bits per heavy atom. The van der Waals surface area contributed by atoms with Crippen LogP contribution in [-0.2, 0) is 0 Å². The molecule has 0 aromatic heterocycles. The molecule has 2 aliphatic rings. The van der Waals surface area contributed by atoms with E-state index in [1.807, 2.05) is 0 Å². The first kappa shape index (κ1) is 9.79. The molecule has 2 rings (SSSR count). The van der Waals surface area contributed by atoms with E-state index in [2.05, 4.69) is 11.8 Å². The van der Waals surface area contributed by atoms with Crippen molar-refractivity contribution < 1.29 is 0 Å². The van der Waals surface area contributed by atoms with Gasteiger partial charge in [0.05, 0.1) is 0 Å². The number of halogens is 1. The van der Waals surface area contributed by atoms with Crippen molar-refractivity contribution in [1.29, 1.82) is 0 Å². The van der Waals surface area contributed by atoms with Crippen LogP contribution in [0.3, 0.4) is 0 Å². The monoisotopic (exact) mass is 201 g/mol. The summed E-state index contributed by atoms with van der Waals surface area (Å²) in [4.78, 5) is 2.59. The van der Waals surface area contributed by atoms with E-state index in [9.17, 15) is 0 Å². The van der Waals surface area contributed by atoms with E-state index in [1.54, 1.807) is 0 Å². The third-order valence-electron chi connectivity index (χ3n) is 3.99. The SMILES string of the molecule is CCN1CC[C@]2(CC[C@@H](CCl)C2)C1. The molecule has 2 fully saturated rings. The molecule has 0 aromatic carbocycles. The topological polar surface area (TPSA) is 3.24 Å². The lowest BCUT2D eigenvalue weighted by Gasteiger charge is -2.23. The van der Waals surface area contributed by atoms with Crippen molar-refractivity contribution in [2.75, 3.05) is 25.5 Å². The first-order valence-corrected chi connectivity index (χ1v) is 6.10. The maximum absolute atomic E-state index is 5.93. The Kier molecular flexibility index (Phi) is 2.85. The third-order valence-corrected chi connectivity index (χ3v) is 4.42. The van der Waals surface area contributed by atoms with Gasteiger partial charge in [-0.05, 0) is 50.1 Å². The van der Waals surface area contributed by atoms with Gasteiger partial charge in [0, 0.05) is 12.4 Å². The summed E-state index contributed by atoms with van der Waals surface area (Å²) in [6.07, 6.45) is 5.63. The molecule has 76 valence electrons. The molecule has 0 amide bonds. The van der Waals surface area contributed by atoms with E-state index >= 15 is 0 Å². The standard InChI is InChI=1S/C11H20ClN/c1-2-13-6-5-11(9-13)4-3-10(7-11)8-12/h10H,2-9H2,1H3/t10-,11+/m1/s1. The van der Waals surface area contributed by atoms with Crippen LogP contribution in [0.25, 0.3) is 0 Å². The molecule has 0 aromatic rings. The maximum Gasteiger partial charge on any atom is 0.0251 e. The molecule has 0 radical (unpaired) electrons. The van der Waals surface area contributed by atoms with Crippen molar-refractivity contribution in [2.24, 2.45) is 11.3 Å². The summed E-state index contributed by atoms with van der Waals surface area (Å²) in [6.45, 7) is 6.17. The molecular weight excluding hydrogens is 182 g/mol. The summed E-state index contributed by atoms with van der Waals surface area (Å²) in [5, 5.41) is 0. The van der Waals surface area contributed by atoms with Crippen LogP contribution in [0.2, 0.25) is 0 Å². The molecule has 1 heterocycles. The molecule has 1 saturated carbocycles. The molecular formula is C11H20ClN. The summed E-state index contributed by atoms with van der Waals surface area (Å²) in [5.41, 5.74) is 0.676. The first-order valence-electron chi connectivity index (χ1n) is 5.56. The van der Waals surface area contributed by atoms with E-state index in [0.717, 1.165) is 11.8 Å². The van der Waals surface area contributed by atoms with E-state index in [-0.39, 0.29) is 0 Å². The lowest BCUT2D eigenvalue weighted by Crippen LogP contribution is -2.25. The predicted octanol–water partition coefficient (Wildman–Crippen LogP) is 2.74. The summed E-state index contributed by atoms with van der Waals surface area (Å²) >= 11 is 5.93.